The predicted octanol–water partition coefficient (Wildman–Crippen LogP) is 1.85. The van der Waals surface area contributed by atoms with Gasteiger partial charge in [0.05, 0.1) is 22.5 Å². The molecule has 2 aliphatic rings. The molecule has 2 aromatic heterocycles. The first-order valence-electron chi connectivity index (χ1n) is 9.52. The van der Waals surface area contributed by atoms with Gasteiger partial charge < -0.3 is 10.2 Å². The zero-order valence-electron chi connectivity index (χ0n) is 15.7. The fourth-order valence-corrected chi connectivity index (χ4v) is 4.88. The van der Waals surface area contributed by atoms with Crippen LogP contribution >= 0.6 is 0 Å². The summed E-state index contributed by atoms with van der Waals surface area (Å²) in [5, 5.41) is 8.95. The highest BCUT2D eigenvalue weighted by molar-refractivity contribution is 7.90. The van der Waals surface area contributed by atoms with Crippen LogP contribution in [0.3, 0.4) is 0 Å². The highest BCUT2D eigenvalue weighted by Crippen LogP contribution is 2.38. The third-order valence-corrected chi connectivity index (χ3v) is 6.77. The summed E-state index contributed by atoms with van der Waals surface area (Å²) >= 11 is 0. The van der Waals surface area contributed by atoms with Crippen LogP contribution in [0.25, 0.3) is 11.0 Å². The van der Waals surface area contributed by atoms with Gasteiger partial charge in [-0.25, -0.2) is 23.1 Å². The Kier molecular flexibility index (Phi) is 4.09. The van der Waals surface area contributed by atoms with Gasteiger partial charge >= 0.3 is 0 Å². The first-order valence-corrected chi connectivity index (χ1v) is 11.4. The molecule has 5 rings (SSSR count). The smallest absolute Gasteiger partial charge is 0.175 e. The summed E-state index contributed by atoms with van der Waals surface area (Å²) < 4.78 is 25.8. The lowest BCUT2D eigenvalue weighted by molar-refractivity contribution is 0.349. The summed E-state index contributed by atoms with van der Waals surface area (Å²) in [6, 6.07) is 5.68. The quantitative estimate of drug-likeness (QED) is 0.720. The van der Waals surface area contributed by atoms with Crippen LogP contribution in [0.15, 0.2) is 35.6 Å². The molecule has 0 atom stereocenters. The van der Waals surface area contributed by atoms with Crippen LogP contribution in [0.5, 0.6) is 0 Å². The summed E-state index contributed by atoms with van der Waals surface area (Å²) in [5.41, 5.74) is 2.89. The van der Waals surface area contributed by atoms with Crippen molar-refractivity contribution in [2.45, 2.75) is 30.2 Å². The predicted molar refractivity (Wildman–Crippen MR) is 107 cm³/mol. The molecule has 1 fully saturated rings. The molecule has 0 radical (unpaired) electrons. The third kappa shape index (κ3) is 2.85. The van der Waals surface area contributed by atoms with E-state index in [4.69, 9.17) is 0 Å². The van der Waals surface area contributed by atoms with Crippen LogP contribution in [0.1, 0.15) is 24.4 Å². The van der Waals surface area contributed by atoms with Gasteiger partial charge in [0.15, 0.2) is 15.5 Å². The van der Waals surface area contributed by atoms with E-state index in [1.807, 2.05) is 16.9 Å². The lowest BCUT2D eigenvalue weighted by Crippen LogP contribution is -2.30. The number of nitrogens with zero attached hydrogens (tertiary/aromatic N) is 5. The molecule has 1 N–H and O–H groups in total. The molecule has 0 amide bonds. The van der Waals surface area contributed by atoms with E-state index in [9.17, 15) is 8.42 Å². The van der Waals surface area contributed by atoms with Crippen molar-refractivity contribution in [1.82, 2.24) is 25.1 Å². The second kappa shape index (κ2) is 6.52. The van der Waals surface area contributed by atoms with Gasteiger partial charge in [-0.3, -0.25) is 0 Å². The number of fused-ring (bicyclic) bond motifs is 2. The number of sulfone groups is 1. The molecular weight excluding hydrogens is 376 g/mol. The molecular formula is C19H22N6O2S. The second-order valence-electron chi connectivity index (χ2n) is 7.47. The molecule has 3 aromatic rings. The van der Waals surface area contributed by atoms with Crippen molar-refractivity contribution in [3.8, 4) is 0 Å². The van der Waals surface area contributed by atoms with Gasteiger partial charge in [0.25, 0.3) is 0 Å². The molecule has 1 aromatic carbocycles. The normalized spacial score (nSPS) is 18.0. The fraction of sp³-hybridized carbons (Fsp3) is 0.421. The van der Waals surface area contributed by atoms with Crippen molar-refractivity contribution in [2.75, 3.05) is 30.8 Å². The number of hydrogen-bond acceptors (Lipinski definition) is 7. The van der Waals surface area contributed by atoms with Crippen molar-refractivity contribution in [2.24, 2.45) is 0 Å². The van der Waals surface area contributed by atoms with Crippen LogP contribution in [-0.2, 0) is 16.3 Å². The molecule has 28 heavy (non-hydrogen) atoms. The van der Waals surface area contributed by atoms with Gasteiger partial charge in [-0.15, -0.1) is 0 Å². The number of benzene rings is 1. The number of nitrogens with one attached hydrogen (secondary N) is 1. The molecule has 9 heteroatoms. The van der Waals surface area contributed by atoms with E-state index in [-0.39, 0.29) is 0 Å². The first kappa shape index (κ1) is 17.6. The number of hydrogen-bond donors (Lipinski definition) is 1. The number of anilines is 2. The van der Waals surface area contributed by atoms with E-state index in [0.717, 1.165) is 67.0 Å². The molecule has 8 nitrogen and oxygen atoms in total. The second-order valence-corrected chi connectivity index (χ2v) is 9.48. The summed E-state index contributed by atoms with van der Waals surface area (Å²) in [6.45, 7) is 2.74. The lowest BCUT2D eigenvalue weighted by atomic mass is 10.1. The Hall–Kier alpha value is -2.52. The van der Waals surface area contributed by atoms with Crippen molar-refractivity contribution in [3.63, 3.8) is 0 Å². The number of aromatic nitrogens is 4. The Balaban J connectivity index is 1.56. The maximum atomic E-state index is 11.9. The Morgan fingerprint density at radius 2 is 2.00 bits per heavy atom. The van der Waals surface area contributed by atoms with Gasteiger partial charge in [0.1, 0.15) is 12.1 Å². The Morgan fingerprint density at radius 3 is 2.79 bits per heavy atom. The van der Waals surface area contributed by atoms with Crippen LogP contribution < -0.4 is 10.2 Å². The van der Waals surface area contributed by atoms with Crippen LogP contribution in [-0.4, -0.2) is 54.1 Å². The Bertz CT molecular complexity index is 1150. The van der Waals surface area contributed by atoms with Crippen LogP contribution in [0.4, 0.5) is 11.5 Å². The van der Waals surface area contributed by atoms with Gasteiger partial charge in [-0.1, -0.05) is 0 Å². The SMILES string of the molecule is CS(=O)(=O)c1ccc2c(c1)CCN2c1ncnc2c1cnn2C1CCNCC1. The van der Waals surface area contributed by atoms with Crippen LogP contribution in [0, 0.1) is 0 Å². The summed E-state index contributed by atoms with van der Waals surface area (Å²) in [7, 11) is -3.21. The Morgan fingerprint density at radius 1 is 1.18 bits per heavy atom. The highest BCUT2D eigenvalue weighted by Gasteiger charge is 2.27. The third-order valence-electron chi connectivity index (χ3n) is 5.65. The van der Waals surface area contributed by atoms with Crippen molar-refractivity contribution < 1.29 is 8.42 Å². The van der Waals surface area contributed by atoms with Gasteiger partial charge in [-0.05, 0) is 56.1 Å². The lowest BCUT2D eigenvalue weighted by Gasteiger charge is -2.23. The average Bonchev–Trinajstić information content (AvgIpc) is 3.31. The van der Waals surface area contributed by atoms with Gasteiger partial charge in [0, 0.05) is 18.5 Å². The molecule has 0 bridgehead atoms. The maximum Gasteiger partial charge on any atom is 0.175 e. The van der Waals surface area contributed by atoms with E-state index in [1.165, 1.54) is 6.26 Å². The zero-order valence-corrected chi connectivity index (χ0v) is 16.5. The standard InChI is InChI=1S/C19H22N6O2S/c1-28(26,27)15-2-3-17-13(10-15)6-9-24(17)18-16-11-23-25(19(16)22-12-21-18)14-4-7-20-8-5-14/h2-3,10-12,14,20H,4-9H2,1H3. The topological polar surface area (TPSA) is 93.0 Å². The van der Waals surface area contributed by atoms with Gasteiger partial charge in [-0.2, -0.15) is 5.10 Å². The summed E-state index contributed by atoms with van der Waals surface area (Å²) in [6.07, 6.45) is 7.56. The summed E-state index contributed by atoms with van der Waals surface area (Å²) in [4.78, 5) is 11.6. The molecule has 0 spiro atoms. The minimum absolute atomic E-state index is 0.352. The highest BCUT2D eigenvalue weighted by atomic mass is 32.2. The maximum absolute atomic E-state index is 11.9. The van der Waals surface area contributed by atoms with Crippen molar-refractivity contribution in [1.29, 1.82) is 0 Å². The van der Waals surface area contributed by atoms with E-state index < -0.39 is 9.84 Å². The van der Waals surface area contributed by atoms with E-state index in [0.29, 0.717) is 10.9 Å². The Labute approximate surface area is 163 Å². The number of rotatable bonds is 3. The largest absolute Gasteiger partial charge is 0.325 e. The first-order chi connectivity index (χ1) is 13.5. The van der Waals surface area contributed by atoms with E-state index in [1.54, 1.807) is 18.5 Å². The monoisotopic (exact) mass is 398 g/mol. The van der Waals surface area contributed by atoms with Crippen molar-refractivity contribution >= 4 is 32.4 Å². The molecule has 0 aliphatic carbocycles. The molecule has 0 unspecified atom stereocenters. The van der Waals surface area contributed by atoms with Gasteiger partial charge in [0.2, 0.25) is 0 Å². The van der Waals surface area contributed by atoms with Crippen molar-refractivity contribution in [3.05, 3.63) is 36.3 Å². The molecule has 146 valence electrons. The zero-order chi connectivity index (χ0) is 19.3. The molecule has 0 saturated carbocycles. The fourth-order valence-electron chi connectivity index (χ4n) is 4.21. The molecule has 2 aliphatic heterocycles. The summed E-state index contributed by atoms with van der Waals surface area (Å²) in [5.74, 6) is 0.830. The minimum Gasteiger partial charge on any atom is -0.325 e. The van der Waals surface area contributed by atoms with Crippen LogP contribution in [0.2, 0.25) is 0 Å². The van der Waals surface area contributed by atoms with E-state index >= 15 is 0 Å². The van der Waals surface area contributed by atoms with E-state index in [2.05, 4.69) is 25.3 Å². The minimum atomic E-state index is -3.21. The molecule has 1 saturated heterocycles. The average molecular weight is 398 g/mol. The number of piperidine rings is 1. The molecule has 4 heterocycles.